The van der Waals surface area contributed by atoms with E-state index in [4.69, 9.17) is 5.73 Å². The van der Waals surface area contributed by atoms with Gasteiger partial charge in [0.25, 0.3) is 0 Å². The Morgan fingerprint density at radius 3 is 2.59 bits per heavy atom. The number of para-hydroxylation sites is 1. The number of nitrogens with two attached hydrogens (primary N) is 1. The summed E-state index contributed by atoms with van der Waals surface area (Å²) in [4.78, 5) is 4.15. The van der Waals surface area contributed by atoms with Crippen LogP contribution in [0.3, 0.4) is 0 Å². The van der Waals surface area contributed by atoms with E-state index in [0.29, 0.717) is 17.5 Å². The van der Waals surface area contributed by atoms with E-state index in [-0.39, 0.29) is 0 Å². The zero-order valence-corrected chi connectivity index (χ0v) is 9.43. The molecule has 2 aromatic rings. The first-order valence-electron chi connectivity index (χ1n) is 5.80. The molecule has 3 heteroatoms. The third kappa shape index (κ3) is 1.73. The molecular formula is C14H14N2O. The monoisotopic (exact) mass is 226 g/mol. The Labute approximate surface area is 99.9 Å². The van der Waals surface area contributed by atoms with Gasteiger partial charge >= 0.3 is 0 Å². The molecule has 1 heterocycles. The minimum absolute atomic E-state index is 0.292. The van der Waals surface area contributed by atoms with Gasteiger partial charge in [-0.25, -0.2) is 4.98 Å². The van der Waals surface area contributed by atoms with E-state index in [9.17, 15) is 5.11 Å². The molecule has 86 valence electrons. The number of anilines is 1. The molecule has 0 bridgehead atoms. The highest BCUT2D eigenvalue weighted by molar-refractivity contribution is 5.77. The zero-order valence-electron chi connectivity index (χ0n) is 9.43. The summed E-state index contributed by atoms with van der Waals surface area (Å²) < 4.78 is 0. The van der Waals surface area contributed by atoms with E-state index in [1.54, 1.807) is 12.3 Å². The van der Waals surface area contributed by atoms with Gasteiger partial charge in [0.2, 0.25) is 0 Å². The molecule has 1 fully saturated rings. The summed E-state index contributed by atoms with van der Waals surface area (Å²) in [5, 5.41) is 9.92. The SMILES string of the molecule is Nc1nccc(-c2ccccc2O)c1C1CC1. The maximum atomic E-state index is 9.92. The highest BCUT2D eigenvalue weighted by Crippen LogP contribution is 2.47. The Bertz CT molecular complexity index is 562. The number of benzene rings is 1. The number of aromatic nitrogens is 1. The third-order valence-electron chi connectivity index (χ3n) is 3.20. The molecular weight excluding hydrogens is 212 g/mol. The number of nitrogen functional groups attached to an aromatic ring is 1. The van der Waals surface area contributed by atoms with Crippen molar-refractivity contribution in [3.8, 4) is 16.9 Å². The van der Waals surface area contributed by atoms with Gasteiger partial charge < -0.3 is 10.8 Å². The van der Waals surface area contributed by atoms with Crippen LogP contribution in [-0.4, -0.2) is 10.1 Å². The van der Waals surface area contributed by atoms with Crippen LogP contribution in [0.25, 0.3) is 11.1 Å². The Morgan fingerprint density at radius 1 is 1.12 bits per heavy atom. The molecule has 1 aliphatic carbocycles. The van der Waals surface area contributed by atoms with Gasteiger partial charge in [-0.2, -0.15) is 0 Å². The van der Waals surface area contributed by atoms with Crippen molar-refractivity contribution < 1.29 is 5.11 Å². The molecule has 3 rings (SSSR count). The molecule has 17 heavy (non-hydrogen) atoms. The lowest BCUT2D eigenvalue weighted by molar-refractivity contribution is 0.477. The standard InChI is InChI=1S/C14H14N2O/c15-14-13(9-5-6-9)11(7-8-16-14)10-3-1-2-4-12(10)17/h1-4,7-9,17H,5-6H2,(H2,15,16). The number of hydrogen-bond donors (Lipinski definition) is 2. The second kappa shape index (κ2) is 3.77. The maximum absolute atomic E-state index is 9.92. The summed E-state index contributed by atoms with van der Waals surface area (Å²) in [5.74, 6) is 1.39. The molecule has 1 aliphatic rings. The highest BCUT2D eigenvalue weighted by atomic mass is 16.3. The number of hydrogen-bond acceptors (Lipinski definition) is 3. The summed E-state index contributed by atoms with van der Waals surface area (Å²) in [6, 6.07) is 9.28. The van der Waals surface area contributed by atoms with E-state index in [1.807, 2.05) is 24.3 Å². The van der Waals surface area contributed by atoms with Gasteiger partial charge in [-0.1, -0.05) is 18.2 Å². The van der Waals surface area contributed by atoms with Crippen LogP contribution in [0.1, 0.15) is 24.3 Å². The smallest absolute Gasteiger partial charge is 0.127 e. The molecule has 0 atom stereocenters. The summed E-state index contributed by atoms with van der Waals surface area (Å²) in [6.07, 6.45) is 4.02. The molecule has 0 unspecified atom stereocenters. The highest BCUT2D eigenvalue weighted by Gasteiger charge is 2.29. The average Bonchev–Trinajstić information content (AvgIpc) is 3.13. The fourth-order valence-corrected chi connectivity index (χ4v) is 2.23. The fourth-order valence-electron chi connectivity index (χ4n) is 2.23. The molecule has 1 saturated carbocycles. The topological polar surface area (TPSA) is 59.1 Å². The molecule has 0 amide bonds. The summed E-state index contributed by atoms with van der Waals surface area (Å²) in [7, 11) is 0. The van der Waals surface area contributed by atoms with Gasteiger partial charge in [0.05, 0.1) is 0 Å². The van der Waals surface area contributed by atoms with Crippen molar-refractivity contribution in [3.63, 3.8) is 0 Å². The molecule has 1 aromatic heterocycles. The number of nitrogens with zero attached hydrogens (tertiary/aromatic N) is 1. The van der Waals surface area contributed by atoms with Crippen molar-refractivity contribution in [2.75, 3.05) is 5.73 Å². The Balaban J connectivity index is 2.21. The van der Waals surface area contributed by atoms with Crippen LogP contribution < -0.4 is 5.73 Å². The van der Waals surface area contributed by atoms with Crippen molar-refractivity contribution in [2.45, 2.75) is 18.8 Å². The van der Waals surface area contributed by atoms with Gasteiger partial charge in [-0.05, 0) is 36.5 Å². The largest absolute Gasteiger partial charge is 0.507 e. The van der Waals surface area contributed by atoms with Crippen LogP contribution in [0.5, 0.6) is 5.75 Å². The van der Waals surface area contributed by atoms with E-state index >= 15 is 0 Å². The van der Waals surface area contributed by atoms with E-state index < -0.39 is 0 Å². The average molecular weight is 226 g/mol. The second-order valence-corrected chi connectivity index (χ2v) is 4.45. The predicted octanol–water partition coefficient (Wildman–Crippen LogP) is 2.91. The Morgan fingerprint density at radius 2 is 1.88 bits per heavy atom. The lowest BCUT2D eigenvalue weighted by atomic mass is 9.97. The summed E-state index contributed by atoms with van der Waals surface area (Å²) in [6.45, 7) is 0. The summed E-state index contributed by atoms with van der Waals surface area (Å²) in [5.41, 5.74) is 8.90. The normalized spacial score (nSPS) is 14.8. The first-order valence-corrected chi connectivity index (χ1v) is 5.80. The van der Waals surface area contributed by atoms with Gasteiger partial charge in [0, 0.05) is 17.3 Å². The third-order valence-corrected chi connectivity index (χ3v) is 3.20. The second-order valence-electron chi connectivity index (χ2n) is 4.45. The van der Waals surface area contributed by atoms with E-state index in [1.165, 1.54) is 0 Å². The van der Waals surface area contributed by atoms with Crippen molar-refractivity contribution >= 4 is 5.82 Å². The molecule has 1 aromatic carbocycles. The molecule has 0 saturated heterocycles. The van der Waals surface area contributed by atoms with Crippen LogP contribution in [0.2, 0.25) is 0 Å². The quantitative estimate of drug-likeness (QED) is 0.827. The van der Waals surface area contributed by atoms with Crippen molar-refractivity contribution in [1.29, 1.82) is 0 Å². The van der Waals surface area contributed by atoms with Crippen LogP contribution in [0, 0.1) is 0 Å². The van der Waals surface area contributed by atoms with Gasteiger partial charge in [0.15, 0.2) is 0 Å². The van der Waals surface area contributed by atoms with Crippen LogP contribution in [0.15, 0.2) is 36.5 Å². The van der Waals surface area contributed by atoms with Crippen molar-refractivity contribution in [1.82, 2.24) is 4.98 Å². The van der Waals surface area contributed by atoms with Crippen LogP contribution in [-0.2, 0) is 0 Å². The van der Waals surface area contributed by atoms with Gasteiger partial charge in [-0.3, -0.25) is 0 Å². The summed E-state index contributed by atoms with van der Waals surface area (Å²) >= 11 is 0. The Kier molecular flexibility index (Phi) is 2.25. The zero-order chi connectivity index (χ0) is 11.8. The molecule has 0 aliphatic heterocycles. The fraction of sp³-hybridized carbons (Fsp3) is 0.214. The van der Waals surface area contributed by atoms with Crippen molar-refractivity contribution in [2.24, 2.45) is 0 Å². The first kappa shape index (κ1) is 10.1. The van der Waals surface area contributed by atoms with Gasteiger partial charge in [-0.15, -0.1) is 0 Å². The van der Waals surface area contributed by atoms with Crippen molar-refractivity contribution in [3.05, 3.63) is 42.1 Å². The first-order chi connectivity index (χ1) is 8.27. The number of aromatic hydroxyl groups is 1. The van der Waals surface area contributed by atoms with E-state index in [2.05, 4.69) is 4.98 Å². The maximum Gasteiger partial charge on any atom is 0.127 e. The molecule has 0 radical (unpaired) electrons. The van der Waals surface area contributed by atoms with Gasteiger partial charge in [0.1, 0.15) is 11.6 Å². The Hall–Kier alpha value is -2.03. The minimum atomic E-state index is 0.292. The molecule has 0 spiro atoms. The molecule has 3 nitrogen and oxygen atoms in total. The minimum Gasteiger partial charge on any atom is -0.507 e. The number of pyridine rings is 1. The van der Waals surface area contributed by atoms with Crippen LogP contribution >= 0.6 is 0 Å². The number of phenolic OH excluding ortho intramolecular Hbond substituents is 1. The lowest BCUT2D eigenvalue weighted by Crippen LogP contribution is -1.98. The lowest BCUT2D eigenvalue weighted by Gasteiger charge is -2.12. The number of rotatable bonds is 2. The predicted molar refractivity (Wildman–Crippen MR) is 67.7 cm³/mol. The number of phenols is 1. The van der Waals surface area contributed by atoms with E-state index in [0.717, 1.165) is 29.5 Å². The molecule has 3 N–H and O–H groups in total. The van der Waals surface area contributed by atoms with Crippen LogP contribution in [0.4, 0.5) is 5.82 Å².